The number of ether oxygens (including phenoxy) is 2. The molecular weight excluding hydrogens is 460 g/mol. The molecule has 0 N–H and O–H groups in total. The van der Waals surface area contributed by atoms with Crippen LogP contribution in [0.15, 0.2) is 42.6 Å². The number of nitrogens with zero attached hydrogens (tertiary/aromatic N) is 4. The van der Waals surface area contributed by atoms with E-state index in [-0.39, 0.29) is 18.7 Å². The Bertz CT molecular complexity index is 1030. The molecule has 0 radical (unpaired) electrons. The van der Waals surface area contributed by atoms with Crippen LogP contribution in [0.4, 0.5) is 15.3 Å². The highest BCUT2D eigenvalue weighted by Gasteiger charge is 2.30. The lowest BCUT2D eigenvalue weighted by molar-refractivity contribution is 0.0172. The van der Waals surface area contributed by atoms with Gasteiger partial charge in [0.05, 0.1) is 24.9 Å². The smallest absolute Gasteiger partial charge is 0.410 e. The number of hydrogen-bond acceptors (Lipinski definition) is 6. The number of methoxy groups -OCH3 is 1. The van der Waals surface area contributed by atoms with Crippen molar-refractivity contribution in [3.8, 4) is 0 Å². The van der Waals surface area contributed by atoms with Gasteiger partial charge in [-0.1, -0.05) is 17.7 Å². The Kier molecular flexibility index (Phi) is 7.98. The van der Waals surface area contributed by atoms with Gasteiger partial charge < -0.3 is 19.3 Å². The zero-order valence-electron chi connectivity index (χ0n) is 19.8. The molecule has 2 heterocycles. The predicted octanol–water partition coefficient (Wildman–Crippen LogP) is 4.20. The molecule has 34 heavy (non-hydrogen) atoms. The largest absolute Gasteiger partial charge is 0.465 e. The number of pyridine rings is 1. The van der Waals surface area contributed by atoms with E-state index < -0.39 is 11.6 Å². The molecule has 9 nitrogen and oxygen atoms in total. The molecule has 0 bridgehead atoms. The second kappa shape index (κ2) is 10.7. The number of esters is 1. The van der Waals surface area contributed by atoms with Crippen molar-refractivity contribution >= 4 is 35.4 Å². The fourth-order valence-corrected chi connectivity index (χ4v) is 3.59. The molecule has 0 aliphatic carbocycles. The summed E-state index contributed by atoms with van der Waals surface area (Å²) in [5.41, 5.74) is 0.952. The Morgan fingerprint density at radius 3 is 2.29 bits per heavy atom. The normalized spacial score (nSPS) is 13.9. The summed E-state index contributed by atoms with van der Waals surface area (Å²) < 4.78 is 10.1. The van der Waals surface area contributed by atoms with E-state index in [9.17, 15) is 14.4 Å². The zero-order valence-corrected chi connectivity index (χ0v) is 20.5. The van der Waals surface area contributed by atoms with Crippen LogP contribution in [0.25, 0.3) is 0 Å². The monoisotopic (exact) mass is 488 g/mol. The average Bonchev–Trinajstić information content (AvgIpc) is 2.81. The van der Waals surface area contributed by atoms with Crippen molar-refractivity contribution in [1.29, 1.82) is 0 Å². The summed E-state index contributed by atoms with van der Waals surface area (Å²) in [6, 6.07) is 10.1. The van der Waals surface area contributed by atoms with Gasteiger partial charge in [0.15, 0.2) is 0 Å². The first-order valence-corrected chi connectivity index (χ1v) is 11.3. The number of halogens is 1. The van der Waals surface area contributed by atoms with E-state index in [1.165, 1.54) is 13.3 Å². The summed E-state index contributed by atoms with van der Waals surface area (Å²) in [6.45, 7) is 7.10. The number of piperazine rings is 1. The van der Waals surface area contributed by atoms with Gasteiger partial charge in [-0.2, -0.15) is 0 Å². The molecule has 1 aliphatic rings. The fraction of sp³-hybridized carbons (Fsp3) is 0.417. The number of anilines is 1. The predicted molar refractivity (Wildman–Crippen MR) is 128 cm³/mol. The molecular formula is C24H29ClN4O5. The first kappa shape index (κ1) is 25.3. The van der Waals surface area contributed by atoms with Gasteiger partial charge in [-0.15, -0.1) is 0 Å². The zero-order chi connectivity index (χ0) is 24.9. The molecule has 0 saturated carbocycles. The standard InChI is InChI=1S/C24H29ClN4O5/c1-24(2,3)34-23(32)28-12-10-27(11-13-28)22(31)29(20-7-5-6-18(25)14-20)16-19-9-8-17(15-26-19)21(30)33-4/h5-9,14-15H,10-13,16H2,1-4H3. The van der Waals surface area contributed by atoms with Crippen LogP contribution in [-0.2, 0) is 16.0 Å². The fourth-order valence-electron chi connectivity index (χ4n) is 3.41. The maximum Gasteiger partial charge on any atom is 0.410 e. The van der Waals surface area contributed by atoms with Crippen molar-refractivity contribution < 1.29 is 23.9 Å². The van der Waals surface area contributed by atoms with Crippen LogP contribution >= 0.6 is 11.6 Å². The highest BCUT2D eigenvalue weighted by Crippen LogP contribution is 2.23. The number of hydrogen-bond donors (Lipinski definition) is 0. The van der Waals surface area contributed by atoms with Gasteiger partial charge in [0.1, 0.15) is 5.60 Å². The van der Waals surface area contributed by atoms with Crippen LogP contribution in [0.3, 0.4) is 0 Å². The SMILES string of the molecule is COC(=O)c1ccc(CN(C(=O)N2CCN(C(=O)OC(C)(C)C)CC2)c2cccc(Cl)c2)nc1. The third-order valence-electron chi connectivity index (χ3n) is 5.12. The Balaban J connectivity index is 1.75. The molecule has 1 aromatic carbocycles. The number of rotatable bonds is 4. The second-order valence-corrected chi connectivity index (χ2v) is 9.27. The van der Waals surface area contributed by atoms with Crippen molar-refractivity contribution in [3.63, 3.8) is 0 Å². The first-order valence-electron chi connectivity index (χ1n) is 10.9. The van der Waals surface area contributed by atoms with E-state index in [4.69, 9.17) is 21.1 Å². The maximum absolute atomic E-state index is 13.5. The van der Waals surface area contributed by atoms with Crippen LogP contribution in [0.1, 0.15) is 36.8 Å². The maximum atomic E-state index is 13.5. The minimum absolute atomic E-state index is 0.174. The average molecular weight is 489 g/mol. The lowest BCUT2D eigenvalue weighted by Gasteiger charge is -2.38. The number of amides is 3. The Labute approximate surface area is 204 Å². The minimum Gasteiger partial charge on any atom is -0.465 e. The number of aromatic nitrogens is 1. The third-order valence-corrected chi connectivity index (χ3v) is 5.35. The summed E-state index contributed by atoms with van der Waals surface area (Å²) in [7, 11) is 1.30. The highest BCUT2D eigenvalue weighted by atomic mass is 35.5. The van der Waals surface area contributed by atoms with Gasteiger partial charge in [0.25, 0.3) is 0 Å². The highest BCUT2D eigenvalue weighted by molar-refractivity contribution is 6.30. The van der Waals surface area contributed by atoms with Crippen LogP contribution in [0.2, 0.25) is 5.02 Å². The van der Waals surface area contributed by atoms with Crippen LogP contribution in [0.5, 0.6) is 0 Å². The quantitative estimate of drug-likeness (QED) is 0.599. The Morgan fingerprint density at radius 2 is 1.74 bits per heavy atom. The summed E-state index contributed by atoms with van der Waals surface area (Å²) in [5.74, 6) is -0.482. The van der Waals surface area contributed by atoms with Crippen molar-refractivity contribution in [2.24, 2.45) is 0 Å². The van der Waals surface area contributed by atoms with Gasteiger partial charge >= 0.3 is 18.1 Å². The lowest BCUT2D eigenvalue weighted by Crippen LogP contribution is -2.54. The first-order chi connectivity index (χ1) is 16.1. The summed E-state index contributed by atoms with van der Waals surface area (Å²) in [5, 5.41) is 0.499. The van der Waals surface area contributed by atoms with Gasteiger partial charge in [-0.3, -0.25) is 9.88 Å². The van der Waals surface area contributed by atoms with E-state index >= 15 is 0 Å². The van der Waals surface area contributed by atoms with Crippen LogP contribution < -0.4 is 4.90 Å². The molecule has 3 amide bonds. The van der Waals surface area contributed by atoms with E-state index in [1.54, 1.807) is 51.1 Å². The molecule has 0 spiro atoms. The Morgan fingerprint density at radius 1 is 1.06 bits per heavy atom. The Hall–Kier alpha value is -3.33. The third kappa shape index (κ3) is 6.60. The van der Waals surface area contributed by atoms with Gasteiger partial charge in [0.2, 0.25) is 0 Å². The van der Waals surface area contributed by atoms with Gasteiger partial charge in [-0.25, -0.2) is 14.4 Å². The van der Waals surface area contributed by atoms with Gasteiger partial charge in [-0.05, 0) is 51.1 Å². The topological polar surface area (TPSA) is 92.3 Å². The number of carbonyl (C=O) groups excluding carboxylic acids is 3. The van der Waals surface area contributed by atoms with E-state index in [1.807, 2.05) is 20.8 Å². The van der Waals surface area contributed by atoms with Crippen molar-refractivity contribution in [2.75, 3.05) is 38.2 Å². The van der Waals surface area contributed by atoms with Crippen molar-refractivity contribution in [3.05, 3.63) is 58.9 Å². The lowest BCUT2D eigenvalue weighted by atomic mass is 10.2. The molecule has 182 valence electrons. The van der Waals surface area contributed by atoms with Crippen molar-refractivity contribution in [1.82, 2.24) is 14.8 Å². The van der Waals surface area contributed by atoms with E-state index in [0.717, 1.165) is 0 Å². The summed E-state index contributed by atoms with van der Waals surface area (Å²) in [6.07, 6.45) is 1.03. The number of carbonyl (C=O) groups is 3. The molecule has 3 rings (SSSR count). The minimum atomic E-state index is -0.580. The summed E-state index contributed by atoms with van der Waals surface area (Å²) in [4.78, 5) is 46.7. The van der Waals surface area contributed by atoms with E-state index in [2.05, 4.69) is 4.98 Å². The molecule has 1 aliphatic heterocycles. The second-order valence-electron chi connectivity index (χ2n) is 8.83. The molecule has 1 saturated heterocycles. The van der Waals surface area contributed by atoms with Gasteiger partial charge in [0, 0.05) is 43.1 Å². The number of benzene rings is 1. The molecule has 1 fully saturated rings. The molecule has 0 atom stereocenters. The van der Waals surface area contributed by atoms with E-state index in [0.29, 0.717) is 48.1 Å². The number of urea groups is 1. The molecule has 10 heteroatoms. The van der Waals surface area contributed by atoms with Crippen molar-refractivity contribution in [2.45, 2.75) is 32.9 Å². The molecule has 1 aromatic heterocycles. The van der Waals surface area contributed by atoms with Crippen LogP contribution in [0, 0.1) is 0 Å². The summed E-state index contributed by atoms with van der Waals surface area (Å²) >= 11 is 6.18. The molecule has 0 unspecified atom stereocenters. The van der Waals surface area contributed by atoms with Crippen LogP contribution in [-0.4, -0.2) is 71.8 Å². The molecule has 2 aromatic rings.